The first-order valence-corrected chi connectivity index (χ1v) is 9.25. The van der Waals surface area contributed by atoms with Crippen molar-refractivity contribution < 1.29 is 9.59 Å². The molecule has 0 spiro atoms. The SMILES string of the molecule is O=C(Nc1cccc(C(=O)N2CCCCC2)c1)c1ccc(-n2cnnn2)cc1. The van der Waals surface area contributed by atoms with Gasteiger partial charge < -0.3 is 10.2 Å². The Bertz CT molecular complexity index is 963. The minimum absolute atomic E-state index is 0.0154. The van der Waals surface area contributed by atoms with E-state index >= 15 is 0 Å². The number of piperidine rings is 1. The highest BCUT2D eigenvalue weighted by Gasteiger charge is 2.18. The lowest BCUT2D eigenvalue weighted by Gasteiger charge is -2.26. The molecule has 0 unspecified atom stereocenters. The Balaban J connectivity index is 1.45. The molecule has 1 N–H and O–H groups in total. The Kier molecular flexibility index (Phi) is 5.09. The van der Waals surface area contributed by atoms with Crippen LogP contribution in [0.25, 0.3) is 5.69 Å². The maximum atomic E-state index is 12.7. The summed E-state index contributed by atoms with van der Waals surface area (Å²) >= 11 is 0. The number of nitrogens with one attached hydrogen (secondary N) is 1. The number of nitrogens with zero attached hydrogens (tertiary/aromatic N) is 5. The van der Waals surface area contributed by atoms with Crippen molar-refractivity contribution in [3.05, 3.63) is 66.0 Å². The Labute approximate surface area is 162 Å². The third-order valence-corrected chi connectivity index (χ3v) is 4.75. The minimum atomic E-state index is -0.245. The average molecular weight is 376 g/mol. The van der Waals surface area contributed by atoms with Gasteiger partial charge in [0.1, 0.15) is 6.33 Å². The summed E-state index contributed by atoms with van der Waals surface area (Å²) < 4.78 is 1.51. The van der Waals surface area contributed by atoms with E-state index in [4.69, 9.17) is 0 Å². The summed E-state index contributed by atoms with van der Waals surface area (Å²) in [6.45, 7) is 1.59. The van der Waals surface area contributed by atoms with E-state index in [9.17, 15) is 9.59 Å². The molecule has 2 amide bonds. The van der Waals surface area contributed by atoms with Gasteiger partial charge in [0.15, 0.2) is 0 Å². The van der Waals surface area contributed by atoms with Gasteiger partial charge in [0.2, 0.25) is 0 Å². The molecule has 0 atom stereocenters. The highest BCUT2D eigenvalue weighted by Crippen LogP contribution is 2.17. The van der Waals surface area contributed by atoms with E-state index in [0.29, 0.717) is 16.8 Å². The van der Waals surface area contributed by atoms with E-state index in [0.717, 1.165) is 31.6 Å². The normalized spacial score (nSPS) is 13.9. The largest absolute Gasteiger partial charge is 0.339 e. The van der Waals surface area contributed by atoms with E-state index < -0.39 is 0 Å². The topological polar surface area (TPSA) is 93.0 Å². The van der Waals surface area contributed by atoms with Crippen molar-refractivity contribution in [3.8, 4) is 5.69 Å². The smallest absolute Gasteiger partial charge is 0.255 e. The number of tetrazole rings is 1. The van der Waals surface area contributed by atoms with Crippen molar-refractivity contribution in [3.63, 3.8) is 0 Å². The van der Waals surface area contributed by atoms with Gasteiger partial charge in [-0.15, -0.1) is 5.10 Å². The number of benzene rings is 2. The predicted molar refractivity (Wildman–Crippen MR) is 103 cm³/mol. The number of carbonyl (C=O) groups is 2. The van der Waals surface area contributed by atoms with Crippen molar-refractivity contribution in [1.82, 2.24) is 25.1 Å². The van der Waals surface area contributed by atoms with Crippen LogP contribution in [0, 0.1) is 0 Å². The Morgan fingerprint density at radius 1 is 0.929 bits per heavy atom. The van der Waals surface area contributed by atoms with Crippen LogP contribution in [0.4, 0.5) is 5.69 Å². The molecular weight excluding hydrogens is 356 g/mol. The van der Waals surface area contributed by atoms with E-state index in [1.54, 1.807) is 48.5 Å². The maximum absolute atomic E-state index is 12.7. The highest BCUT2D eigenvalue weighted by molar-refractivity contribution is 6.05. The van der Waals surface area contributed by atoms with Crippen molar-refractivity contribution in [2.45, 2.75) is 19.3 Å². The van der Waals surface area contributed by atoms with E-state index in [1.165, 1.54) is 17.4 Å². The van der Waals surface area contributed by atoms with Crippen LogP contribution < -0.4 is 5.32 Å². The van der Waals surface area contributed by atoms with Crippen molar-refractivity contribution >= 4 is 17.5 Å². The van der Waals surface area contributed by atoms with Crippen LogP contribution in [0.2, 0.25) is 0 Å². The first kappa shape index (κ1) is 17.8. The van der Waals surface area contributed by atoms with Gasteiger partial charge in [-0.3, -0.25) is 9.59 Å². The van der Waals surface area contributed by atoms with Crippen LogP contribution >= 0.6 is 0 Å². The summed E-state index contributed by atoms with van der Waals surface area (Å²) in [5.74, 6) is -0.229. The molecule has 1 aliphatic rings. The number of rotatable bonds is 4. The summed E-state index contributed by atoms with van der Waals surface area (Å²) in [4.78, 5) is 27.1. The number of hydrogen-bond donors (Lipinski definition) is 1. The molecule has 0 saturated carbocycles. The van der Waals surface area contributed by atoms with Gasteiger partial charge in [0.05, 0.1) is 5.69 Å². The molecule has 142 valence electrons. The van der Waals surface area contributed by atoms with Crippen molar-refractivity contribution in [2.24, 2.45) is 0 Å². The monoisotopic (exact) mass is 376 g/mol. The van der Waals surface area contributed by atoms with Gasteiger partial charge in [0.25, 0.3) is 11.8 Å². The van der Waals surface area contributed by atoms with Gasteiger partial charge in [-0.2, -0.15) is 0 Å². The van der Waals surface area contributed by atoms with Gasteiger partial charge in [-0.1, -0.05) is 6.07 Å². The van der Waals surface area contributed by atoms with Gasteiger partial charge in [0, 0.05) is 29.9 Å². The van der Waals surface area contributed by atoms with E-state index in [-0.39, 0.29) is 11.8 Å². The van der Waals surface area contributed by atoms with Gasteiger partial charge >= 0.3 is 0 Å². The molecule has 8 nitrogen and oxygen atoms in total. The van der Waals surface area contributed by atoms with Crippen LogP contribution in [0.1, 0.15) is 40.0 Å². The summed E-state index contributed by atoms with van der Waals surface area (Å²) in [6.07, 6.45) is 4.75. The molecular formula is C20H20N6O2. The van der Waals surface area contributed by atoms with Gasteiger partial charge in [-0.05, 0) is 72.2 Å². The zero-order chi connectivity index (χ0) is 19.3. The van der Waals surface area contributed by atoms with Crippen LogP contribution in [-0.4, -0.2) is 50.0 Å². The molecule has 1 saturated heterocycles. The van der Waals surface area contributed by atoms with Crippen LogP contribution in [-0.2, 0) is 0 Å². The average Bonchev–Trinajstić information content (AvgIpc) is 3.29. The summed E-state index contributed by atoms with van der Waals surface area (Å²) in [5.41, 5.74) is 2.45. The fraction of sp³-hybridized carbons (Fsp3) is 0.250. The number of anilines is 1. The zero-order valence-corrected chi connectivity index (χ0v) is 15.3. The standard InChI is InChI=1S/C20H20N6O2/c27-19(15-7-9-18(10-8-15)26-14-21-23-24-26)22-17-6-4-5-16(13-17)20(28)25-11-2-1-3-12-25/h4-10,13-14H,1-3,11-12H2,(H,22,27). The van der Waals surface area contributed by atoms with Crippen LogP contribution in [0.5, 0.6) is 0 Å². The fourth-order valence-electron chi connectivity index (χ4n) is 3.26. The third kappa shape index (κ3) is 3.90. The molecule has 28 heavy (non-hydrogen) atoms. The van der Waals surface area contributed by atoms with Crippen LogP contribution in [0.15, 0.2) is 54.9 Å². The molecule has 0 radical (unpaired) electrons. The first-order chi connectivity index (χ1) is 13.7. The number of amides is 2. The zero-order valence-electron chi connectivity index (χ0n) is 15.3. The number of hydrogen-bond acceptors (Lipinski definition) is 5. The van der Waals surface area contributed by atoms with E-state index in [2.05, 4.69) is 20.8 Å². The second-order valence-electron chi connectivity index (χ2n) is 6.69. The third-order valence-electron chi connectivity index (χ3n) is 4.75. The fourth-order valence-corrected chi connectivity index (χ4v) is 3.26. The predicted octanol–water partition coefficient (Wildman–Crippen LogP) is 2.54. The van der Waals surface area contributed by atoms with Crippen molar-refractivity contribution in [2.75, 3.05) is 18.4 Å². The highest BCUT2D eigenvalue weighted by atomic mass is 16.2. The lowest BCUT2D eigenvalue weighted by molar-refractivity contribution is 0.0724. The first-order valence-electron chi connectivity index (χ1n) is 9.25. The van der Waals surface area contributed by atoms with E-state index in [1.807, 2.05) is 4.90 Å². The summed E-state index contributed by atoms with van der Waals surface area (Å²) in [7, 11) is 0. The molecule has 1 aliphatic heterocycles. The number of aromatic nitrogens is 4. The Morgan fingerprint density at radius 3 is 2.43 bits per heavy atom. The van der Waals surface area contributed by atoms with Gasteiger partial charge in [-0.25, -0.2) is 4.68 Å². The Morgan fingerprint density at radius 2 is 1.71 bits per heavy atom. The molecule has 1 aromatic heterocycles. The quantitative estimate of drug-likeness (QED) is 0.755. The second-order valence-corrected chi connectivity index (χ2v) is 6.69. The molecule has 4 rings (SSSR count). The molecule has 1 fully saturated rings. The maximum Gasteiger partial charge on any atom is 0.255 e. The molecule has 2 aromatic carbocycles. The molecule has 2 heterocycles. The molecule has 0 aliphatic carbocycles. The minimum Gasteiger partial charge on any atom is -0.339 e. The van der Waals surface area contributed by atoms with Crippen LogP contribution in [0.3, 0.4) is 0 Å². The lowest BCUT2D eigenvalue weighted by atomic mass is 10.1. The second kappa shape index (κ2) is 7.99. The Hall–Kier alpha value is -3.55. The molecule has 8 heteroatoms. The lowest BCUT2D eigenvalue weighted by Crippen LogP contribution is -2.35. The summed E-state index contributed by atoms with van der Waals surface area (Å²) in [6, 6.07) is 14.0. The number of carbonyl (C=O) groups excluding carboxylic acids is 2. The molecule has 0 bridgehead atoms. The van der Waals surface area contributed by atoms with Crippen molar-refractivity contribution in [1.29, 1.82) is 0 Å². The summed E-state index contributed by atoms with van der Waals surface area (Å²) in [5, 5.41) is 13.8. The number of likely N-dealkylation sites (tertiary alicyclic amines) is 1. The molecule has 3 aromatic rings.